The van der Waals surface area contributed by atoms with E-state index in [0.717, 1.165) is 33.5 Å². The molecular formula is C16H17NO3S. The lowest BCUT2D eigenvalue weighted by molar-refractivity contribution is 0.297. The van der Waals surface area contributed by atoms with Crippen molar-refractivity contribution in [2.24, 2.45) is 0 Å². The van der Waals surface area contributed by atoms with Crippen molar-refractivity contribution in [1.29, 1.82) is 0 Å². The van der Waals surface area contributed by atoms with E-state index in [1.165, 1.54) is 0 Å². The maximum atomic E-state index is 5.88. The summed E-state index contributed by atoms with van der Waals surface area (Å²) in [5.41, 5.74) is 6.57. The maximum absolute atomic E-state index is 5.88. The van der Waals surface area contributed by atoms with Gasteiger partial charge in [-0.05, 0) is 30.3 Å². The van der Waals surface area contributed by atoms with E-state index in [1.54, 1.807) is 24.9 Å². The zero-order chi connectivity index (χ0) is 14.7. The second-order valence-corrected chi connectivity index (χ2v) is 5.85. The number of methoxy groups -OCH3 is 1. The first-order chi connectivity index (χ1) is 10.2. The molecule has 110 valence electrons. The van der Waals surface area contributed by atoms with Crippen LogP contribution in [0.2, 0.25) is 0 Å². The minimum absolute atomic E-state index is 0.686. The zero-order valence-electron chi connectivity index (χ0n) is 11.8. The molecule has 0 radical (unpaired) electrons. The van der Waals surface area contributed by atoms with Gasteiger partial charge in [-0.3, -0.25) is 0 Å². The summed E-state index contributed by atoms with van der Waals surface area (Å²) in [6.07, 6.45) is 0.906. The number of rotatable bonds is 3. The third-order valence-electron chi connectivity index (χ3n) is 3.09. The maximum Gasteiger partial charge on any atom is 0.162 e. The molecule has 0 saturated heterocycles. The van der Waals surface area contributed by atoms with Crippen LogP contribution in [0.5, 0.6) is 17.2 Å². The summed E-state index contributed by atoms with van der Waals surface area (Å²) in [5.74, 6) is 2.36. The molecule has 1 heterocycles. The number of hydrogen-bond acceptors (Lipinski definition) is 5. The first kappa shape index (κ1) is 13.9. The number of benzene rings is 2. The van der Waals surface area contributed by atoms with Crippen molar-refractivity contribution in [3.63, 3.8) is 0 Å². The van der Waals surface area contributed by atoms with Crippen LogP contribution in [0.25, 0.3) is 0 Å². The largest absolute Gasteiger partial charge is 0.497 e. The predicted molar refractivity (Wildman–Crippen MR) is 83.6 cm³/mol. The lowest BCUT2D eigenvalue weighted by Gasteiger charge is -2.10. The number of anilines is 1. The van der Waals surface area contributed by atoms with Gasteiger partial charge < -0.3 is 19.9 Å². The highest BCUT2D eigenvalue weighted by molar-refractivity contribution is 7.99. The number of hydrogen-bond donors (Lipinski definition) is 1. The van der Waals surface area contributed by atoms with E-state index in [4.69, 9.17) is 19.9 Å². The van der Waals surface area contributed by atoms with E-state index in [2.05, 4.69) is 0 Å². The summed E-state index contributed by atoms with van der Waals surface area (Å²) in [4.78, 5) is 2.10. The molecule has 2 aromatic rings. The number of fused-ring (bicyclic) bond motifs is 1. The molecule has 21 heavy (non-hydrogen) atoms. The molecule has 3 rings (SSSR count). The Morgan fingerprint density at radius 3 is 2.62 bits per heavy atom. The van der Waals surface area contributed by atoms with Crippen LogP contribution in [0, 0.1) is 0 Å². The second kappa shape index (κ2) is 6.18. The van der Waals surface area contributed by atoms with Crippen molar-refractivity contribution in [2.75, 3.05) is 26.1 Å². The van der Waals surface area contributed by atoms with E-state index < -0.39 is 0 Å². The summed E-state index contributed by atoms with van der Waals surface area (Å²) >= 11 is 1.62. The minimum Gasteiger partial charge on any atom is -0.497 e. The highest BCUT2D eigenvalue weighted by Gasteiger charge is 2.11. The van der Waals surface area contributed by atoms with Gasteiger partial charge in [-0.25, -0.2) is 0 Å². The molecule has 0 aromatic heterocycles. The SMILES string of the molecule is COc1cc(N)cc(Sc2ccc3c(c2)OCCCO3)c1. The monoisotopic (exact) mass is 303 g/mol. The lowest BCUT2D eigenvalue weighted by Crippen LogP contribution is -1.97. The molecule has 0 unspecified atom stereocenters. The van der Waals surface area contributed by atoms with Gasteiger partial charge in [0, 0.05) is 28.0 Å². The smallest absolute Gasteiger partial charge is 0.162 e. The lowest BCUT2D eigenvalue weighted by atomic mass is 10.3. The average molecular weight is 303 g/mol. The van der Waals surface area contributed by atoms with Gasteiger partial charge in [-0.2, -0.15) is 0 Å². The van der Waals surface area contributed by atoms with Gasteiger partial charge >= 0.3 is 0 Å². The molecule has 0 atom stereocenters. The van der Waals surface area contributed by atoms with Gasteiger partial charge in [0.1, 0.15) is 5.75 Å². The molecule has 1 aliphatic rings. The molecule has 1 aliphatic heterocycles. The molecule has 4 nitrogen and oxygen atoms in total. The van der Waals surface area contributed by atoms with Gasteiger partial charge in [0.15, 0.2) is 11.5 Å². The Kier molecular flexibility index (Phi) is 4.10. The Balaban J connectivity index is 1.85. The van der Waals surface area contributed by atoms with Crippen LogP contribution >= 0.6 is 11.8 Å². The third-order valence-corrected chi connectivity index (χ3v) is 4.05. The quantitative estimate of drug-likeness (QED) is 0.878. The fourth-order valence-corrected chi connectivity index (χ4v) is 3.06. The summed E-state index contributed by atoms with van der Waals surface area (Å²) in [5, 5.41) is 0. The average Bonchev–Trinajstić information content (AvgIpc) is 2.71. The number of nitrogen functional groups attached to an aromatic ring is 1. The highest BCUT2D eigenvalue weighted by atomic mass is 32.2. The van der Waals surface area contributed by atoms with Crippen molar-refractivity contribution >= 4 is 17.4 Å². The Hall–Kier alpha value is -2.01. The summed E-state index contributed by atoms with van der Waals surface area (Å²) in [6, 6.07) is 11.7. The Labute approximate surface area is 128 Å². The van der Waals surface area contributed by atoms with Crippen molar-refractivity contribution in [2.45, 2.75) is 16.2 Å². The zero-order valence-corrected chi connectivity index (χ0v) is 12.6. The van der Waals surface area contributed by atoms with E-state index in [1.807, 2.05) is 30.3 Å². The molecule has 0 fully saturated rings. The molecule has 0 bridgehead atoms. The predicted octanol–water partition coefficient (Wildman–Crippen LogP) is 3.59. The summed E-state index contributed by atoms with van der Waals surface area (Å²) in [7, 11) is 1.64. The van der Waals surface area contributed by atoms with Crippen molar-refractivity contribution in [1.82, 2.24) is 0 Å². The molecule has 2 aromatic carbocycles. The number of nitrogens with two attached hydrogens (primary N) is 1. The van der Waals surface area contributed by atoms with E-state index in [-0.39, 0.29) is 0 Å². The van der Waals surface area contributed by atoms with Crippen molar-refractivity contribution in [3.8, 4) is 17.2 Å². The Morgan fingerprint density at radius 1 is 1.00 bits per heavy atom. The van der Waals surface area contributed by atoms with E-state index >= 15 is 0 Å². The van der Waals surface area contributed by atoms with Crippen LogP contribution < -0.4 is 19.9 Å². The van der Waals surface area contributed by atoms with E-state index in [0.29, 0.717) is 18.9 Å². The van der Waals surface area contributed by atoms with Gasteiger partial charge in [-0.1, -0.05) is 11.8 Å². The van der Waals surface area contributed by atoms with Gasteiger partial charge in [0.2, 0.25) is 0 Å². The fourth-order valence-electron chi connectivity index (χ4n) is 2.11. The van der Waals surface area contributed by atoms with Crippen LogP contribution in [0.1, 0.15) is 6.42 Å². The second-order valence-electron chi connectivity index (χ2n) is 4.70. The minimum atomic E-state index is 0.686. The van der Waals surface area contributed by atoms with Crippen LogP contribution in [0.3, 0.4) is 0 Å². The normalized spacial score (nSPS) is 13.6. The molecular weight excluding hydrogens is 286 g/mol. The summed E-state index contributed by atoms with van der Waals surface area (Å²) in [6.45, 7) is 1.39. The molecule has 0 amide bonds. The van der Waals surface area contributed by atoms with Crippen LogP contribution in [-0.4, -0.2) is 20.3 Å². The molecule has 0 saturated carbocycles. The van der Waals surface area contributed by atoms with Crippen LogP contribution in [-0.2, 0) is 0 Å². The Morgan fingerprint density at radius 2 is 1.81 bits per heavy atom. The molecule has 0 spiro atoms. The molecule has 5 heteroatoms. The highest BCUT2D eigenvalue weighted by Crippen LogP contribution is 2.38. The van der Waals surface area contributed by atoms with Gasteiger partial charge in [0.25, 0.3) is 0 Å². The van der Waals surface area contributed by atoms with Crippen LogP contribution in [0.15, 0.2) is 46.2 Å². The first-order valence-electron chi connectivity index (χ1n) is 6.76. The van der Waals surface area contributed by atoms with Crippen LogP contribution in [0.4, 0.5) is 5.69 Å². The van der Waals surface area contributed by atoms with E-state index in [9.17, 15) is 0 Å². The van der Waals surface area contributed by atoms with Gasteiger partial charge in [-0.15, -0.1) is 0 Å². The molecule has 2 N–H and O–H groups in total. The topological polar surface area (TPSA) is 53.7 Å². The standard InChI is InChI=1S/C16H17NO3S/c1-18-12-7-11(17)8-14(9-12)21-13-3-4-15-16(10-13)20-6-2-5-19-15/h3-4,7-10H,2,5-6,17H2,1H3. The Bertz CT molecular complexity index is 645. The number of ether oxygens (including phenoxy) is 3. The fraction of sp³-hybridized carbons (Fsp3) is 0.250. The van der Waals surface area contributed by atoms with Gasteiger partial charge in [0.05, 0.1) is 20.3 Å². The van der Waals surface area contributed by atoms with Crippen molar-refractivity contribution in [3.05, 3.63) is 36.4 Å². The third kappa shape index (κ3) is 3.36. The van der Waals surface area contributed by atoms with Crippen molar-refractivity contribution < 1.29 is 14.2 Å². The molecule has 0 aliphatic carbocycles. The first-order valence-corrected chi connectivity index (χ1v) is 7.58. The summed E-state index contributed by atoms with van der Waals surface area (Å²) < 4.78 is 16.6.